The zero-order valence-corrected chi connectivity index (χ0v) is 24.7. The molecule has 0 spiro atoms. The topological polar surface area (TPSA) is 101 Å². The number of benzene rings is 3. The van der Waals surface area contributed by atoms with Crippen LogP contribution in [0.15, 0.2) is 76.7 Å². The van der Waals surface area contributed by atoms with Crippen molar-refractivity contribution in [3.8, 4) is 11.5 Å². The Labute approximate surface area is 244 Å². The number of aromatic nitrogens is 1. The number of fused-ring (bicyclic) bond motifs is 1. The minimum Gasteiger partial charge on any atom is -0.497 e. The molecule has 2 heterocycles. The molecule has 0 bridgehead atoms. The van der Waals surface area contributed by atoms with Crippen LogP contribution in [0, 0.1) is 0 Å². The smallest absolute Gasteiger partial charge is 0.280 e. The standard InChI is InChI=1S/C30H32N4O5S2/c1-3-39-24-12-8-22(9-13-24)21-31-34(30-32-27-17-14-25(38-2)20-28(27)40-30)29(35)23-10-15-26(16-11-23)41(36,37)33-18-6-4-5-7-19-33/h8-17,20-21H,3-7,18-19H2,1-2H3/b31-21+. The van der Waals surface area contributed by atoms with Gasteiger partial charge in [-0.05, 0) is 92.1 Å². The summed E-state index contributed by atoms with van der Waals surface area (Å²) in [5.41, 5.74) is 1.77. The molecular formula is C30H32N4O5S2. The molecule has 11 heteroatoms. The van der Waals surface area contributed by atoms with Crippen molar-refractivity contribution in [1.82, 2.24) is 9.29 Å². The van der Waals surface area contributed by atoms with Crippen molar-refractivity contribution in [1.29, 1.82) is 0 Å². The monoisotopic (exact) mass is 592 g/mol. The molecule has 5 rings (SSSR count). The van der Waals surface area contributed by atoms with Crippen molar-refractivity contribution in [2.24, 2.45) is 5.10 Å². The molecule has 0 aliphatic carbocycles. The zero-order valence-electron chi connectivity index (χ0n) is 23.0. The molecule has 0 radical (unpaired) electrons. The van der Waals surface area contributed by atoms with Crippen molar-refractivity contribution < 1.29 is 22.7 Å². The van der Waals surface area contributed by atoms with E-state index in [9.17, 15) is 13.2 Å². The number of nitrogens with zero attached hydrogens (tertiary/aromatic N) is 4. The zero-order chi connectivity index (χ0) is 28.8. The number of anilines is 1. The van der Waals surface area contributed by atoms with Gasteiger partial charge in [-0.25, -0.2) is 13.4 Å². The van der Waals surface area contributed by atoms with Crippen LogP contribution < -0.4 is 14.5 Å². The summed E-state index contributed by atoms with van der Waals surface area (Å²) >= 11 is 1.31. The van der Waals surface area contributed by atoms with Crippen molar-refractivity contribution >= 4 is 48.8 Å². The van der Waals surface area contributed by atoms with Gasteiger partial charge >= 0.3 is 0 Å². The number of hydrogen-bond donors (Lipinski definition) is 0. The Balaban J connectivity index is 1.45. The largest absolute Gasteiger partial charge is 0.497 e. The van der Waals surface area contributed by atoms with Crippen molar-refractivity contribution in [3.05, 3.63) is 77.9 Å². The number of amides is 1. The lowest BCUT2D eigenvalue weighted by molar-refractivity contribution is 0.0987. The number of carbonyl (C=O) groups is 1. The summed E-state index contributed by atoms with van der Waals surface area (Å²) in [6.07, 6.45) is 5.35. The first-order valence-electron chi connectivity index (χ1n) is 13.5. The van der Waals surface area contributed by atoms with E-state index in [4.69, 9.17) is 9.47 Å². The molecule has 0 unspecified atom stereocenters. The number of methoxy groups -OCH3 is 1. The number of ether oxygens (including phenoxy) is 2. The highest BCUT2D eigenvalue weighted by Gasteiger charge is 2.26. The van der Waals surface area contributed by atoms with E-state index >= 15 is 0 Å². The van der Waals surface area contributed by atoms with E-state index in [1.54, 1.807) is 17.6 Å². The lowest BCUT2D eigenvalue weighted by atomic mass is 10.2. The fourth-order valence-electron chi connectivity index (χ4n) is 4.56. The molecule has 1 amide bonds. The molecule has 1 aromatic heterocycles. The summed E-state index contributed by atoms with van der Waals surface area (Å²) < 4.78 is 39.7. The van der Waals surface area contributed by atoms with Crippen molar-refractivity contribution in [3.63, 3.8) is 0 Å². The van der Waals surface area contributed by atoms with Crippen molar-refractivity contribution in [2.75, 3.05) is 31.8 Å². The second-order valence-electron chi connectivity index (χ2n) is 9.54. The highest BCUT2D eigenvalue weighted by atomic mass is 32.2. The summed E-state index contributed by atoms with van der Waals surface area (Å²) in [6, 6.07) is 18.9. The predicted octanol–water partition coefficient (Wildman–Crippen LogP) is 5.95. The van der Waals surface area contributed by atoms with Crippen LogP contribution in [-0.4, -0.2) is 56.6 Å². The fraction of sp³-hybridized carbons (Fsp3) is 0.300. The first-order valence-corrected chi connectivity index (χ1v) is 15.8. The fourth-order valence-corrected chi connectivity index (χ4v) is 7.03. The molecule has 0 atom stereocenters. The number of sulfonamides is 1. The third-order valence-electron chi connectivity index (χ3n) is 6.78. The number of hydrazone groups is 1. The Hall–Kier alpha value is -3.80. The molecule has 0 saturated carbocycles. The van der Waals surface area contributed by atoms with Crippen LogP contribution in [0.4, 0.5) is 5.13 Å². The number of carbonyl (C=O) groups excluding carboxylic acids is 1. The number of rotatable bonds is 9. The molecule has 3 aromatic carbocycles. The van der Waals surface area contributed by atoms with Crippen LogP contribution in [0.3, 0.4) is 0 Å². The Morgan fingerprint density at radius 3 is 2.34 bits per heavy atom. The van der Waals surface area contributed by atoms with Gasteiger partial charge in [0.15, 0.2) is 0 Å². The van der Waals surface area contributed by atoms with Gasteiger partial charge in [0.25, 0.3) is 5.91 Å². The number of thiazole rings is 1. The van der Waals surface area contributed by atoms with Gasteiger partial charge in [-0.3, -0.25) is 4.79 Å². The van der Waals surface area contributed by atoms with E-state index in [-0.39, 0.29) is 4.90 Å². The van der Waals surface area contributed by atoms with Crippen LogP contribution in [0.1, 0.15) is 48.5 Å². The summed E-state index contributed by atoms with van der Waals surface area (Å²) in [4.78, 5) is 18.6. The summed E-state index contributed by atoms with van der Waals surface area (Å²) in [6.45, 7) is 3.51. The van der Waals surface area contributed by atoms with Crippen LogP contribution in [0.2, 0.25) is 0 Å². The minimum absolute atomic E-state index is 0.174. The van der Waals surface area contributed by atoms with Crippen LogP contribution in [0.5, 0.6) is 11.5 Å². The Bertz CT molecular complexity index is 1630. The SMILES string of the molecule is CCOc1ccc(/C=N/N(C(=O)c2ccc(S(=O)(=O)N3CCCCCC3)cc2)c2nc3ccc(OC)cc3s2)cc1. The quantitative estimate of drug-likeness (QED) is 0.176. The van der Waals surface area contributed by atoms with Gasteiger partial charge in [-0.15, -0.1) is 0 Å². The van der Waals surface area contributed by atoms with Crippen LogP contribution in [-0.2, 0) is 10.0 Å². The molecule has 0 N–H and O–H groups in total. The van der Waals surface area contributed by atoms with Crippen LogP contribution >= 0.6 is 11.3 Å². The molecular weight excluding hydrogens is 560 g/mol. The molecule has 4 aromatic rings. The maximum absolute atomic E-state index is 13.8. The molecule has 1 saturated heterocycles. The summed E-state index contributed by atoms with van der Waals surface area (Å²) in [5.74, 6) is 0.995. The van der Waals surface area contributed by atoms with Gasteiger partial charge < -0.3 is 9.47 Å². The van der Waals surface area contributed by atoms with E-state index in [0.29, 0.717) is 41.7 Å². The molecule has 214 valence electrons. The second kappa shape index (κ2) is 12.8. The van der Waals surface area contributed by atoms with Gasteiger partial charge in [0.2, 0.25) is 15.2 Å². The predicted molar refractivity (Wildman–Crippen MR) is 162 cm³/mol. The first-order chi connectivity index (χ1) is 19.9. The van der Waals surface area contributed by atoms with E-state index < -0.39 is 15.9 Å². The van der Waals surface area contributed by atoms with E-state index in [0.717, 1.165) is 41.7 Å². The number of hydrogen-bond acceptors (Lipinski definition) is 8. The third-order valence-corrected chi connectivity index (χ3v) is 9.68. The average molecular weight is 593 g/mol. The highest BCUT2D eigenvalue weighted by molar-refractivity contribution is 7.89. The van der Waals surface area contributed by atoms with Gasteiger partial charge in [-0.2, -0.15) is 14.4 Å². The second-order valence-corrected chi connectivity index (χ2v) is 12.5. The maximum Gasteiger partial charge on any atom is 0.280 e. The van der Waals surface area contributed by atoms with Crippen LogP contribution in [0.25, 0.3) is 10.2 Å². The maximum atomic E-state index is 13.8. The Morgan fingerprint density at radius 2 is 1.68 bits per heavy atom. The normalized spacial score (nSPS) is 14.7. The highest BCUT2D eigenvalue weighted by Crippen LogP contribution is 2.32. The minimum atomic E-state index is -3.63. The van der Waals surface area contributed by atoms with Crippen molar-refractivity contribution in [2.45, 2.75) is 37.5 Å². The van der Waals surface area contributed by atoms with E-state index in [1.165, 1.54) is 40.6 Å². The lowest BCUT2D eigenvalue weighted by Crippen LogP contribution is -2.32. The van der Waals surface area contributed by atoms with E-state index in [1.807, 2.05) is 49.4 Å². The van der Waals surface area contributed by atoms with Gasteiger partial charge in [0.05, 0.1) is 35.0 Å². The van der Waals surface area contributed by atoms with Gasteiger partial charge in [-0.1, -0.05) is 24.2 Å². The van der Waals surface area contributed by atoms with Gasteiger partial charge in [0, 0.05) is 18.7 Å². The molecule has 1 aliphatic heterocycles. The molecule has 1 fully saturated rings. The third kappa shape index (κ3) is 6.58. The molecule has 1 aliphatic rings. The van der Waals surface area contributed by atoms with E-state index in [2.05, 4.69) is 10.1 Å². The lowest BCUT2D eigenvalue weighted by Gasteiger charge is -2.20. The van der Waals surface area contributed by atoms with Gasteiger partial charge in [0.1, 0.15) is 11.5 Å². The first kappa shape index (κ1) is 28.7. The molecule has 9 nitrogen and oxygen atoms in total. The molecule has 41 heavy (non-hydrogen) atoms. The Morgan fingerprint density at radius 1 is 1.00 bits per heavy atom. The average Bonchev–Trinajstić information content (AvgIpc) is 3.20. The summed E-state index contributed by atoms with van der Waals surface area (Å²) in [5, 5.41) is 6.14. The summed E-state index contributed by atoms with van der Waals surface area (Å²) in [7, 11) is -2.04. The Kier molecular flexibility index (Phi) is 8.96.